The summed E-state index contributed by atoms with van der Waals surface area (Å²) in [6.07, 6.45) is 1.41. The average molecular weight is 385 g/mol. The number of aromatic hydroxyl groups is 1. The Morgan fingerprint density at radius 1 is 1.07 bits per heavy atom. The molecular formula is C21H27N3O4. The van der Waals surface area contributed by atoms with Gasteiger partial charge in [0.25, 0.3) is 5.56 Å². The predicted octanol–water partition coefficient (Wildman–Crippen LogP) is 2.10. The van der Waals surface area contributed by atoms with Gasteiger partial charge in [0.15, 0.2) is 5.75 Å². The number of hydrogen-bond donors (Lipinski definition) is 1. The largest absolute Gasteiger partial charge is 0.503 e. The number of benzene rings is 1. The molecule has 28 heavy (non-hydrogen) atoms. The van der Waals surface area contributed by atoms with E-state index in [-0.39, 0.29) is 17.4 Å². The number of ether oxygens (including phenoxy) is 1. The smallest absolute Gasteiger partial charge is 0.409 e. The first-order valence-corrected chi connectivity index (χ1v) is 9.41. The molecule has 1 N–H and O–H groups in total. The molecule has 0 bridgehead atoms. The topological polar surface area (TPSA) is 75.0 Å². The highest BCUT2D eigenvalue weighted by molar-refractivity contribution is 5.67. The van der Waals surface area contributed by atoms with Gasteiger partial charge in [-0.15, -0.1) is 0 Å². The summed E-state index contributed by atoms with van der Waals surface area (Å²) in [6, 6.07) is 7.92. The van der Waals surface area contributed by atoms with Gasteiger partial charge in [0.1, 0.15) is 0 Å². The van der Waals surface area contributed by atoms with Crippen LogP contribution in [0.3, 0.4) is 0 Å². The molecule has 1 aliphatic rings. The zero-order chi connectivity index (χ0) is 20.3. The highest BCUT2D eigenvalue weighted by Crippen LogP contribution is 2.17. The molecule has 2 aromatic rings. The van der Waals surface area contributed by atoms with E-state index < -0.39 is 0 Å². The summed E-state index contributed by atoms with van der Waals surface area (Å²) in [5.41, 5.74) is 3.58. The number of methoxy groups -OCH3 is 1. The Hall–Kier alpha value is -2.80. The SMILES string of the molecule is COC(=O)N1CCN(Cc2ccn(Cc3ccc(C)cc3C)c(=O)c2O)CC1. The fraction of sp³-hybridized carbons (Fsp3) is 0.429. The van der Waals surface area contributed by atoms with E-state index in [0.29, 0.717) is 44.8 Å². The van der Waals surface area contributed by atoms with Gasteiger partial charge in [-0.25, -0.2) is 4.79 Å². The number of amides is 1. The molecule has 7 nitrogen and oxygen atoms in total. The number of hydrogen-bond acceptors (Lipinski definition) is 5. The molecule has 1 amide bonds. The van der Waals surface area contributed by atoms with Crippen molar-refractivity contribution < 1.29 is 14.6 Å². The number of carbonyl (C=O) groups is 1. The van der Waals surface area contributed by atoms with Crippen LogP contribution in [0, 0.1) is 13.8 Å². The Bertz CT molecular complexity index is 914. The summed E-state index contributed by atoms with van der Waals surface area (Å²) in [5, 5.41) is 10.4. The van der Waals surface area contributed by atoms with Crippen LogP contribution in [0.2, 0.25) is 0 Å². The zero-order valence-electron chi connectivity index (χ0n) is 16.6. The number of aryl methyl sites for hydroxylation is 2. The van der Waals surface area contributed by atoms with Crippen molar-refractivity contribution in [2.24, 2.45) is 0 Å². The quantitative estimate of drug-likeness (QED) is 0.872. The second-order valence-corrected chi connectivity index (χ2v) is 7.29. The molecular weight excluding hydrogens is 358 g/mol. The molecule has 0 saturated carbocycles. The minimum atomic E-state index is -0.384. The summed E-state index contributed by atoms with van der Waals surface area (Å²) < 4.78 is 6.27. The van der Waals surface area contributed by atoms with E-state index in [2.05, 4.69) is 11.0 Å². The van der Waals surface area contributed by atoms with Crippen molar-refractivity contribution in [3.05, 3.63) is 63.1 Å². The Labute approximate surface area is 164 Å². The van der Waals surface area contributed by atoms with Gasteiger partial charge in [0.05, 0.1) is 13.7 Å². The van der Waals surface area contributed by atoms with Gasteiger partial charge < -0.3 is 19.3 Å². The molecule has 1 aliphatic heterocycles. The third-order valence-electron chi connectivity index (χ3n) is 5.26. The van der Waals surface area contributed by atoms with E-state index in [9.17, 15) is 14.7 Å². The van der Waals surface area contributed by atoms with E-state index in [4.69, 9.17) is 4.74 Å². The van der Waals surface area contributed by atoms with Gasteiger partial charge in [-0.2, -0.15) is 0 Å². The van der Waals surface area contributed by atoms with Crippen molar-refractivity contribution in [2.45, 2.75) is 26.9 Å². The number of aromatic nitrogens is 1. The normalized spacial score (nSPS) is 14.9. The minimum absolute atomic E-state index is 0.206. The Morgan fingerprint density at radius 3 is 2.43 bits per heavy atom. The Kier molecular flexibility index (Phi) is 6.04. The number of nitrogens with zero attached hydrogens (tertiary/aromatic N) is 3. The minimum Gasteiger partial charge on any atom is -0.503 e. The van der Waals surface area contributed by atoms with Crippen molar-refractivity contribution in [2.75, 3.05) is 33.3 Å². The number of carbonyl (C=O) groups excluding carboxylic acids is 1. The number of pyridine rings is 1. The van der Waals surface area contributed by atoms with E-state index in [0.717, 1.165) is 11.1 Å². The van der Waals surface area contributed by atoms with Crippen LogP contribution in [-0.2, 0) is 17.8 Å². The van der Waals surface area contributed by atoms with E-state index in [1.807, 2.05) is 26.0 Å². The third-order valence-corrected chi connectivity index (χ3v) is 5.26. The highest BCUT2D eigenvalue weighted by atomic mass is 16.5. The third kappa shape index (κ3) is 4.36. The summed E-state index contributed by atoms with van der Waals surface area (Å²) >= 11 is 0. The zero-order valence-corrected chi connectivity index (χ0v) is 16.6. The van der Waals surface area contributed by atoms with E-state index in [1.165, 1.54) is 17.2 Å². The van der Waals surface area contributed by atoms with Crippen LogP contribution in [0.4, 0.5) is 4.79 Å². The van der Waals surface area contributed by atoms with E-state index in [1.54, 1.807) is 17.2 Å². The summed E-state index contributed by atoms with van der Waals surface area (Å²) in [4.78, 5) is 27.9. The molecule has 2 heterocycles. The molecule has 3 rings (SSSR count). The second kappa shape index (κ2) is 8.48. The van der Waals surface area contributed by atoms with Crippen molar-refractivity contribution >= 4 is 6.09 Å². The molecule has 0 aliphatic carbocycles. The lowest BCUT2D eigenvalue weighted by Gasteiger charge is -2.33. The monoisotopic (exact) mass is 385 g/mol. The van der Waals surface area contributed by atoms with Crippen molar-refractivity contribution in [3.8, 4) is 5.75 Å². The van der Waals surface area contributed by atoms with Crippen LogP contribution >= 0.6 is 0 Å². The summed E-state index contributed by atoms with van der Waals surface area (Å²) in [6.45, 7) is 7.43. The first-order valence-electron chi connectivity index (χ1n) is 9.41. The van der Waals surface area contributed by atoms with Crippen LogP contribution in [0.1, 0.15) is 22.3 Å². The second-order valence-electron chi connectivity index (χ2n) is 7.29. The maximum atomic E-state index is 12.6. The van der Waals surface area contributed by atoms with Gasteiger partial charge in [-0.05, 0) is 31.0 Å². The molecule has 0 spiro atoms. The van der Waals surface area contributed by atoms with Crippen LogP contribution < -0.4 is 5.56 Å². The van der Waals surface area contributed by atoms with Gasteiger partial charge in [-0.3, -0.25) is 9.69 Å². The van der Waals surface area contributed by atoms with Crippen LogP contribution in [-0.4, -0.2) is 58.9 Å². The van der Waals surface area contributed by atoms with Crippen molar-refractivity contribution in [1.82, 2.24) is 14.4 Å². The van der Waals surface area contributed by atoms with Gasteiger partial charge >= 0.3 is 6.09 Å². The summed E-state index contributed by atoms with van der Waals surface area (Å²) in [5.74, 6) is -0.206. The molecule has 0 atom stereocenters. The molecule has 0 unspecified atom stereocenters. The fourth-order valence-electron chi connectivity index (χ4n) is 3.52. The molecule has 150 valence electrons. The lowest BCUT2D eigenvalue weighted by Crippen LogP contribution is -2.48. The molecule has 0 radical (unpaired) electrons. The molecule has 1 aromatic heterocycles. The lowest BCUT2D eigenvalue weighted by atomic mass is 10.1. The predicted molar refractivity (Wildman–Crippen MR) is 107 cm³/mol. The van der Waals surface area contributed by atoms with Gasteiger partial charge in [0, 0.05) is 44.5 Å². The highest BCUT2D eigenvalue weighted by Gasteiger charge is 2.22. The molecule has 1 saturated heterocycles. The van der Waals surface area contributed by atoms with Gasteiger partial charge in [-0.1, -0.05) is 23.8 Å². The Morgan fingerprint density at radius 2 is 1.79 bits per heavy atom. The maximum absolute atomic E-state index is 12.6. The standard InChI is InChI=1S/C21H27N3O4/c1-15-4-5-17(16(2)12-15)14-24-7-6-18(19(25)20(24)26)13-22-8-10-23(11-9-22)21(27)28-3/h4-7,12,25H,8-11,13-14H2,1-3H3. The molecule has 1 aromatic carbocycles. The maximum Gasteiger partial charge on any atom is 0.409 e. The first kappa shape index (κ1) is 19.9. The molecule has 1 fully saturated rings. The number of piperazine rings is 1. The van der Waals surface area contributed by atoms with Crippen LogP contribution in [0.5, 0.6) is 5.75 Å². The molecule has 7 heteroatoms. The Balaban J connectivity index is 1.69. The average Bonchev–Trinajstić information content (AvgIpc) is 2.69. The van der Waals surface area contributed by atoms with Crippen LogP contribution in [0.15, 0.2) is 35.3 Å². The first-order chi connectivity index (χ1) is 13.4. The number of rotatable bonds is 4. The summed E-state index contributed by atoms with van der Waals surface area (Å²) in [7, 11) is 1.37. The van der Waals surface area contributed by atoms with E-state index >= 15 is 0 Å². The van der Waals surface area contributed by atoms with Crippen LogP contribution in [0.25, 0.3) is 0 Å². The van der Waals surface area contributed by atoms with Crippen molar-refractivity contribution in [3.63, 3.8) is 0 Å². The van der Waals surface area contributed by atoms with Crippen molar-refractivity contribution in [1.29, 1.82) is 0 Å². The lowest BCUT2D eigenvalue weighted by molar-refractivity contribution is 0.0885. The fourth-order valence-corrected chi connectivity index (χ4v) is 3.52. The van der Waals surface area contributed by atoms with Gasteiger partial charge in [0.2, 0.25) is 0 Å².